The molecule has 1 aliphatic rings. The van der Waals surface area contributed by atoms with E-state index in [9.17, 15) is 9.18 Å². The van der Waals surface area contributed by atoms with E-state index in [1.807, 2.05) is 36.2 Å². The summed E-state index contributed by atoms with van der Waals surface area (Å²) < 4.78 is 15.2. The van der Waals surface area contributed by atoms with Gasteiger partial charge in [-0.3, -0.25) is 0 Å². The maximum atomic E-state index is 12.8. The molecular weight excluding hydrogens is 387 g/mol. The van der Waals surface area contributed by atoms with Gasteiger partial charge in [0.2, 0.25) is 0 Å². The van der Waals surface area contributed by atoms with Crippen LogP contribution < -0.4 is 21.6 Å². The fraction of sp³-hybridized carbons (Fsp3) is 0.200. The Kier molecular flexibility index (Phi) is 5.40. The first-order chi connectivity index (χ1) is 14.6. The van der Waals surface area contributed by atoms with Crippen molar-refractivity contribution in [2.75, 3.05) is 30.5 Å². The summed E-state index contributed by atoms with van der Waals surface area (Å²) in [6.45, 7) is 0.736. The van der Waals surface area contributed by atoms with Crippen LogP contribution in [0.4, 0.5) is 15.9 Å². The zero-order valence-corrected chi connectivity index (χ0v) is 16.4. The molecule has 0 radical (unpaired) electrons. The molecule has 0 unspecified atom stereocenters. The monoisotopic (exact) mass is 408 g/mol. The number of halogens is 1. The van der Waals surface area contributed by atoms with Crippen LogP contribution in [0.15, 0.2) is 53.5 Å². The standard InChI is InChI=1S/C20H21FN8O/c1-27-12-24-17-7-14(10-23-19(17)27)5-6-16-3-2-4-18(26-16)28-13-25-29(20(28)30)11-15(8-21)9-22/h2-8,10,13,24H,9,11-12,22H2,1H3/b6-5+,15-8+. The van der Waals surface area contributed by atoms with Crippen molar-refractivity contribution in [3.8, 4) is 5.82 Å². The third kappa shape index (κ3) is 3.85. The van der Waals surface area contributed by atoms with Crippen LogP contribution in [0.1, 0.15) is 11.3 Å². The van der Waals surface area contributed by atoms with Crippen LogP contribution in [-0.4, -0.2) is 44.6 Å². The van der Waals surface area contributed by atoms with Crippen LogP contribution >= 0.6 is 0 Å². The molecule has 0 atom stereocenters. The Morgan fingerprint density at radius 3 is 3.03 bits per heavy atom. The molecule has 3 aromatic rings. The van der Waals surface area contributed by atoms with Crippen molar-refractivity contribution in [1.29, 1.82) is 0 Å². The summed E-state index contributed by atoms with van der Waals surface area (Å²) in [6.07, 6.45) is 7.31. The van der Waals surface area contributed by atoms with E-state index in [2.05, 4.69) is 20.4 Å². The van der Waals surface area contributed by atoms with Crippen molar-refractivity contribution < 1.29 is 4.39 Å². The number of nitrogens with zero attached hydrogens (tertiary/aromatic N) is 6. The summed E-state index contributed by atoms with van der Waals surface area (Å²) in [6, 6.07) is 7.36. The molecule has 0 aromatic carbocycles. The van der Waals surface area contributed by atoms with Gasteiger partial charge in [0.05, 0.1) is 30.9 Å². The van der Waals surface area contributed by atoms with E-state index >= 15 is 0 Å². The van der Waals surface area contributed by atoms with E-state index in [0.717, 1.165) is 28.4 Å². The highest BCUT2D eigenvalue weighted by molar-refractivity contribution is 5.76. The van der Waals surface area contributed by atoms with E-state index in [-0.39, 0.29) is 18.7 Å². The summed E-state index contributed by atoms with van der Waals surface area (Å²) in [4.78, 5) is 23.6. The lowest BCUT2D eigenvalue weighted by Gasteiger charge is -2.07. The third-order valence-corrected chi connectivity index (χ3v) is 4.71. The van der Waals surface area contributed by atoms with Gasteiger partial charge in [-0.15, -0.1) is 0 Å². The van der Waals surface area contributed by atoms with Gasteiger partial charge in [-0.1, -0.05) is 12.1 Å². The Bertz CT molecular complexity index is 1180. The number of anilines is 2. The van der Waals surface area contributed by atoms with Crippen LogP contribution in [0.3, 0.4) is 0 Å². The van der Waals surface area contributed by atoms with Crippen molar-refractivity contribution in [1.82, 2.24) is 24.3 Å². The summed E-state index contributed by atoms with van der Waals surface area (Å²) >= 11 is 0. The molecule has 0 saturated carbocycles. The number of fused-ring (bicyclic) bond motifs is 1. The van der Waals surface area contributed by atoms with E-state index < -0.39 is 5.69 Å². The highest BCUT2D eigenvalue weighted by atomic mass is 19.1. The first-order valence-electron chi connectivity index (χ1n) is 9.32. The van der Waals surface area contributed by atoms with Crippen molar-refractivity contribution >= 4 is 23.7 Å². The Hall–Kier alpha value is -3.79. The fourth-order valence-electron chi connectivity index (χ4n) is 3.06. The van der Waals surface area contributed by atoms with Crippen molar-refractivity contribution in [2.45, 2.75) is 6.54 Å². The van der Waals surface area contributed by atoms with Gasteiger partial charge in [0.1, 0.15) is 12.1 Å². The van der Waals surface area contributed by atoms with Crippen molar-refractivity contribution in [3.63, 3.8) is 0 Å². The molecule has 154 valence electrons. The first kappa shape index (κ1) is 19.5. The van der Waals surface area contributed by atoms with Crippen LogP contribution in [0.5, 0.6) is 0 Å². The zero-order valence-electron chi connectivity index (χ0n) is 16.4. The number of aromatic nitrogens is 5. The molecule has 0 fully saturated rings. The minimum Gasteiger partial charge on any atom is -0.365 e. The molecule has 0 amide bonds. The van der Waals surface area contributed by atoms with Crippen molar-refractivity contribution in [3.05, 3.63) is 70.4 Å². The van der Waals surface area contributed by atoms with Gasteiger partial charge in [-0.2, -0.15) is 5.10 Å². The molecule has 0 saturated heterocycles. The van der Waals surface area contributed by atoms with Gasteiger partial charge < -0.3 is 16.0 Å². The molecule has 3 aromatic heterocycles. The van der Waals surface area contributed by atoms with E-state index in [1.165, 1.54) is 10.9 Å². The quantitative estimate of drug-likeness (QED) is 0.638. The summed E-state index contributed by atoms with van der Waals surface area (Å²) in [5.41, 5.74) is 7.89. The lowest BCUT2D eigenvalue weighted by atomic mass is 10.2. The summed E-state index contributed by atoms with van der Waals surface area (Å²) in [7, 11) is 1.98. The molecule has 0 bridgehead atoms. The number of rotatable bonds is 6. The number of pyridine rings is 2. The maximum Gasteiger partial charge on any atom is 0.351 e. The molecule has 9 nitrogen and oxygen atoms in total. The molecule has 3 N–H and O–H groups in total. The second-order valence-electron chi connectivity index (χ2n) is 6.84. The van der Waals surface area contributed by atoms with Crippen LogP contribution in [0.2, 0.25) is 0 Å². The fourth-order valence-corrected chi connectivity index (χ4v) is 3.06. The van der Waals surface area contributed by atoms with E-state index in [0.29, 0.717) is 17.8 Å². The Balaban J connectivity index is 1.56. The topological polar surface area (TPSA) is 107 Å². The summed E-state index contributed by atoms with van der Waals surface area (Å²) in [5, 5.41) is 7.30. The average Bonchev–Trinajstić information content (AvgIpc) is 3.33. The Labute approximate surface area is 172 Å². The average molecular weight is 408 g/mol. The lowest BCUT2D eigenvalue weighted by molar-refractivity contribution is 0.612. The molecule has 4 heterocycles. The largest absolute Gasteiger partial charge is 0.365 e. The smallest absolute Gasteiger partial charge is 0.351 e. The Morgan fingerprint density at radius 1 is 1.37 bits per heavy atom. The molecule has 30 heavy (non-hydrogen) atoms. The van der Waals surface area contributed by atoms with Gasteiger partial charge >= 0.3 is 5.69 Å². The molecule has 1 aliphatic heterocycles. The van der Waals surface area contributed by atoms with E-state index in [4.69, 9.17) is 5.73 Å². The highest BCUT2D eigenvalue weighted by Gasteiger charge is 2.15. The normalized spacial score (nSPS) is 13.7. The molecule has 0 spiro atoms. The van der Waals surface area contributed by atoms with Gasteiger partial charge in [0.25, 0.3) is 0 Å². The second-order valence-corrected chi connectivity index (χ2v) is 6.84. The van der Waals surface area contributed by atoms with Crippen LogP contribution in [0, 0.1) is 0 Å². The van der Waals surface area contributed by atoms with Crippen LogP contribution in [-0.2, 0) is 6.54 Å². The number of nitrogens with one attached hydrogen (secondary N) is 1. The van der Waals surface area contributed by atoms with Gasteiger partial charge in [0.15, 0.2) is 5.82 Å². The predicted octanol–water partition coefficient (Wildman–Crippen LogP) is 1.63. The molecule has 0 aliphatic carbocycles. The highest BCUT2D eigenvalue weighted by Crippen LogP contribution is 2.28. The van der Waals surface area contributed by atoms with Crippen molar-refractivity contribution in [2.24, 2.45) is 5.73 Å². The number of nitrogens with two attached hydrogens (primary N) is 1. The number of hydrogen-bond donors (Lipinski definition) is 2. The second kappa shape index (κ2) is 8.29. The van der Waals surface area contributed by atoms with Gasteiger partial charge in [-0.25, -0.2) is 28.4 Å². The zero-order chi connectivity index (χ0) is 21.1. The van der Waals surface area contributed by atoms with Crippen LogP contribution in [0.25, 0.3) is 18.0 Å². The molecular formula is C20H21FN8O. The molecule has 10 heteroatoms. The maximum absolute atomic E-state index is 12.8. The lowest BCUT2D eigenvalue weighted by Crippen LogP contribution is -2.26. The summed E-state index contributed by atoms with van der Waals surface area (Å²) in [5.74, 6) is 1.34. The van der Waals surface area contributed by atoms with Gasteiger partial charge in [-0.05, 0) is 35.4 Å². The van der Waals surface area contributed by atoms with Gasteiger partial charge in [0, 0.05) is 19.8 Å². The number of hydrogen-bond acceptors (Lipinski definition) is 7. The SMILES string of the molecule is CN1CNc2cc(/C=C/c3cccc(-n4cnn(C/C(=C/F)CN)c4=O)n3)cnc21. The Morgan fingerprint density at radius 2 is 2.23 bits per heavy atom. The van der Waals surface area contributed by atoms with E-state index in [1.54, 1.807) is 18.3 Å². The third-order valence-electron chi connectivity index (χ3n) is 4.71. The minimum atomic E-state index is -0.422. The minimum absolute atomic E-state index is 0.00696. The molecule has 4 rings (SSSR count). The first-order valence-corrected chi connectivity index (χ1v) is 9.32. The predicted molar refractivity (Wildman–Crippen MR) is 114 cm³/mol.